The second-order valence-corrected chi connectivity index (χ2v) is 6.51. The minimum atomic E-state index is -0.576. The van der Waals surface area contributed by atoms with Crippen LogP contribution in [-0.4, -0.2) is 4.98 Å². The summed E-state index contributed by atoms with van der Waals surface area (Å²) in [5.41, 5.74) is 7.20. The van der Waals surface area contributed by atoms with Crippen LogP contribution in [0.15, 0.2) is 16.6 Å². The topological polar surface area (TPSA) is 38.9 Å². The van der Waals surface area contributed by atoms with Crippen molar-refractivity contribution in [3.05, 3.63) is 44.4 Å². The Labute approximate surface area is 121 Å². The fourth-order valence-electron chi connectivity index (χ4n) is 2.60. The van der Waals surface area contributed by atoms with Crippen LogP contribution in [0.4, 0.5) is 13.9 Å². The van der Waals surface area contributed by atoms with Crippen molar-refractivity contribution in [1.29, 1.82) is 0 Å². The van der Waals surface area contributed by atoms with E-state index in [1.165, 1.54) is 17.4 Å². The Balaban J connectivity index is 2.14. The lowest BCUT2D eigenvalue weighted by Gasteiger charge is -2.23. The van der Waals surface area contributed by atoms with Gasteiger partial charge in [0, 0.05) is 26.9 Å². The fraction of sp³-hybridized carbons (Fsp3) is 0.308. The first-order valence-electron chi connectivity index (χ1n) is 5.95. The highest BCUT2D eigenvalue weighted by molar-refractivity contribution is 9.10. The van der Waals surface area contributed by atoms with E-state index >= 15 is 0 Å². The number of nitrogens with zero attached hydrogens (tertiary/aromatic N) is 1. The van der Waals surface area contributed by atoms with Crippen LogP contribution in [0.2, 0.25) is 0 Å². The molecule has 1 aromatic heterocycles. The van der Waals surface area contributed by atoms with Gasteiger partial charge in [-0.05, 0) is 25.3 Å². The van der Waals surface area contributed by atoms with Gasteiger partial charge in [0.15, 0.2) is 5.13 Å². The summed E-state index contributed by atoms with van der Waals surface area (Å²) in [7, 11) is 0. The third-order valence-corrected chi connectivity index (χ3v) is 5.06. The summed E-state index contributed by atoms with van der Waals surface area (Å²) in [6.07, 6.45) is 2.64. The standard InChI is InChI=1S/C13H11BrF2N2S/c14-8-4-6(15)5-9(16)11(8)7-2-1-3-10-12(7)19-13(17)18-10/h4-5,7H,1-3H2,(H2,17,18). The van der Waals surface area contributed by atoms with Crippen molar-refractivity contribution in [2.24, 2.45) is 0 Å². The number of nitrogen functional groups attached to an aromatic ring is 1. The molecule has 0 aliphatic heterocycles. The van der Waals surface area contributed by atoms with Gasteiger partial charge in [-0.3, -0.25) is 0 Å². The number of nitrogens with two attached hydrogens (primary N) is 1. The molecule has 1 atom stereocenters. The molecular formula is C13H11BrF2N2S. The highest BCUT2D eigenvalue weighted by Gasteiger charge is 2.29. The Morgan fingerprint density at radius 2 is 2.16 bits per heavy atom. The van der Waals surface area contributed by atoms with Gasteiger partial charge >= 0.3 is 0 Å². The molecule has 0 amide bonds. The van der Waals surface area contributed by atoms with Crippen LogP contribution >= 0.6 is 27.3 Å². The molecule has 2 aromatic rings. The van der Waals surface area contributed by atoms with Gasteiger partial charge in [-0.2, -0.15) is 0 Å². The number of rotatable bonds is 1. The van der Waals surface area contributed by atoms with E-state index in [1.807, 2.05) is 0 Å². The molecule has 100 valence electrons. The van der Waals surface area contributed by atoms with Gasteiger partial charge in [-0.15, -0.1) is 11.3 Å². The first-order valence-corrected chi connectivity index (χ1v) is 7.56. The normalized spacial score (nSPS) is 18.4. The van der Waals surface area contributed by atoms with E-state index < -0.39 is 11.6 Å². The monoisotopic (exact) mass is 344 g/mol. The zero-order chi connectivity index (χ0) is 13.6. The van der Waals surface area contributed by atoms with Crippen LogP contribution < -0.4 is 5.73 Å². The predicted molar refractivity (Wildman–Crippen MR) is 75.4 cm³/mol. The maximum Gasteiger partial charge on any atom is 0.180 e. The van der Waals surface area contributed by atoms with E-state index in [0.717, 1.165) is 35.9 Å². The van der Waals surface area contributed by atoms with Gasteiger partial charge in [-0.1, -0.05) is 15.9 Å². The molecule has 0 saturated carbocycles. The number of hydrogen-bond acceptors (Lipinski definition) is 3. The van der Waals surface area contributed by atoms with Gasteiger partial charge in [0.2, 0.25) is 0 Å². The summed E-state index contributed by atoms with van der Waals surface area (Å²) in [5, 5.41) is 0.510. The molecule has 0 fully saturated rings. The molecule has 1 aromatic carbocycles. The van der Waals surface area contributed by atoms with Gasteiger partial charge in [0.25, 0.3) is 0 Å². The number of thiazole rings is 1. The van der Waals surface area contributed by atoms with E-state index in [2.05, 4.69) is 20.9 Å². The lowest BCUT2D eigenvalue weighted by Crippen LogP contribution is -2.11. The highest BCUT2D eigenvalue weighted by Crippen LogP contribution is 2.44. The Kier molecular flexibility index (Phi) is 3.30. The molecule has 0 radical (unpaired) electrons. The van der Waals surface area contributed by atoms with Crippen LogP contribution in [0, 0.1) is 11.6 Å². The molecule has 1 unspecified atom stereocenters. The largest absolute Gasteiger partial charge is 0.375 e. The maximum atomic E-state index is 14.1. The summed E-state index contributed by atoms with van der Waals surface area (Å²) in [5.74, 6) is -1.18. The van der Waals surface area contributed by atoms with Crippen LogP contribution in [0.1, 0.15) is 34.9 Å². The number of fused-ring (bicyclic) bond motifs is 1. The third kappa shape index (κ3) is 2.27. The molecule has 0 saturated heterocycles. The van der Waals surface area contributed by atoms with Gasteiger partial charge in [0.05, 0.1) is 5.69 Å². The quantitative estimate of drug-likeness (QED) is 0.840. The number of hydrogen-bond donors (Lipinski definition) is 1. The Morgan fingerprint density at radius 1 is 1.37 bits per heavy atom. The van der Waals surface area contributed by atoms with Crippen molar-refractivity contribution in [2.45, 2.75) is 25.2 Å². The summed E-state index contributed by atoms with van der Waals surface area (Å²) in [6.45, 7) is 0. The van der Waals surface area contributed by atoms with E-state index in [0.29, 0.717) is 15.2 Å². The van der Waals surface area contributed by atoms with Crippen molar-refractivity contribution in [1.82, 2.24) is 4.98 Å². The third-order valence-electron chi connectivity index (χ3n) is 3.36. The maximum absolute atomic E-state index is 14.1. The summed E-state index contributed by atoms with van der Waals surface area (Å²) in [6, 6.07) is 2.23. The Morgan fingerprint density at radius 3 is 2.89 bits per heavy atom. The summed E-state index contributed by atoms with van der Waals surface area (Å²) >= 11 is 4.67. The van der Waals surface area contributed by atoms with Crippen LogP contribution in [-0.2, 0) is 6.42 Å². The van der Waals surface area contributed by atoms with Crippen LogP contribution in [0.5, 0.6) is 0 Å². The zero-order valence-electron chi connectivity index (χ0n) is 9.92. The van der Waals surface area contributed by atoms with Crippen LogP contribution in [0.3, 0.4) is 0 Å². The summed E-state index contributed by atoms with van der Waals surface area (Å²) in [4.78, 5) is 5.30. The molecule has 19 heavy (non-hydrogen) atoms. The second kappa shape index (κ2) is 4.83. The van der Waals surface area contributed by atoms with Crippen molar-refractivity contribution < 1.29 is 8.78 Å². The second-order valence-electron chi connectivity index (χ2n) is 4.59. The lowest BCUT2D eigenvalue weighted by molar-refractivity contribution is 0.540. The lowest BCUT2D eigenvalue weighted by atomic mass is 9.86. The SMILES string of the molecule is Nc1nc2c(s1)C(c1c(F)cc(F)cc1Br)CCC2. The molecule has 1 aliphatic rings. The molecule has 0 bridgehead atoms. The summed E-state index contributed by atoms with van der Waals surface area (Å²) < 4.78 is 27.7. The van der Waals surface area contributed by atoms with E-state index in [4.69, 9.17) is 5.73 Å². The molecule has 6 heteroatoms. The van der Waals surface area contributed by atoms with E-state index in [-0.39, 0.29) is 5.92 Å². The van der Waals surface area contributed by atoms with Crippen molar-refractivity contribution in [3.8, 4) is 0 Å². The average molecular weight is 345 g/mol. The number of aromatic nitrogens is 1. The van der Waals surface area contributed by atoms with Gasteiger partial charge in [0.1, 0.15) is 11.6 Å². The van der Waals surface area contributed by atoms with Crippen molar-refractivity contribution in [3.63, 3.8) is 0 Å². The zero-order valence-corrected chi connectivity index (χ0v) is 12.3. The number of benzene rings is 1. The molecular weight excluding hydrogens is 334 g/mol. The average Bonchev–Trinajstić information content (AvgIpc) is 2.68. The fourth-order valence-corrected chi connectivity index (χ4v) is 4.31. The van der Waals surface area contributed by atoms with Crippen molar-refractivity contribution >= 4 is 32.4 Å². The first-order chi connectivity index (χ1) is 9.06. The van der Waals surface area contributed by atoms with Gasteiger partial charge in [-0.25, -0.2) is 13.8 Å². The van der Waals surface area contributed by atoms with Crippen LogP contribution in [0.25, 0.3) is 0 Å². The predicted octanol–water partition coefficient (Wildman–Crippen LogP) is 4.23. The van der Waals surface area contributed by atoms with E-state index in [9.17, 15) is 8.78 Å². The molecule has 2 N–H and O–H groups in total. The Hall–Kier alpha value is -1.01. The number of anilines is 1. The van der Waals surface area contributed by atoms with Gasteiger partial charge < -0.3 is 5.73 Å². The van der Waals surface area contributed by atoms with E-state index in [1.54, 1.807) is 0 Å². The molecule has 1 aliphatic carbocycles. The smallest absolute Gasteiger partial charge is 0.180 e. The Bertz CT molecular complexity index is 619. The molecule has 3 rings (SSSR count). The van der Waals surface area contributed by atoms with Crippen molar-refractivity contribution in [2.75, 3.05) is 5.73 Å². The molecule has 2 nitrogen and oxygen atoms in total. The first kappa shape index (κ1) is 13.0. The molecule has 1 heterocycles. The number of halogens is 3. The minimum Gasteiger partial charge on any atom is -0.375 e. The number of aryl methyl sites for hydroxylation is 1. The highest BCUT2D eigenvalue weighted by atomic mass is 79.9. The minimum absolute atomic E-state index is 0.0893. The molecule has 0 spiro atoms.